The quantitative estimate of drug-likeness (QED) is 0.859. The van der Waals surface area contributed by atoms with E-state index in [1.165, 1.54) is 37.8 Å². The highest BCUT2D eigenvalue weighted by atomic mass is 16.3. The van der Waals surface area contributed by atoms with Gasteiger partial charge in [0, 0.05) is 12.6 Å². The molecule has 1 atom stereocenters. The highest BCUT2D eigenvalue weighted by Crippen LogP contribution is 2.28. The maximum Gasteiger partial charge on any atom is 0.115 e. The van der Waals surface area contributed by atoms with Crippen molar-refractivity contribution < 1.29 is 5.11 Å². The molecular formula is C15H23NO. The number of rotatable bonds is 4. The van der Waals surface area contributed by atoms with Gasteiger partial charge < -0.3 is 5.11 Å². The van der Waals surface area contributed by atoms with Gasteiger partial charge in [0.2, 0.25) is 0 Å². The summed E-state index contributed by atoms with van der Waals surface area (Å²) >= 11 is 0. The minimum absolute atomic E-state index is 0.347. The fourth-order valence-electron chi connectivity index (χ4n) is 2.77. The molecule has 1 saturated carbocycles. The molecule has 0 bridgehead atoms. The lowest BCUT2D eigenvalue weighted by atomic mass is 10.0. The summed E-state index contributed by atoms with van der Waals surface area (Å²) in [6.07, 6.45) is 5.61. The average molecular weight is 233 g/mol. The molecule has 94 valence electrons. The molecule has 0 saturated heterocycles. The monoisotopic (exact) mass is 233 g/mol. The summed E-state index contributed by atoms with van der Waals surface area (Å²) in [6, 6.07) is 8.01. The van der Waals surface area contributed by atoms with Gasteiger partial charge >= 0.3 is 0 Å². The van der Waals surface area contributed by atoms with Gasteiger partial charge in [-0.05, 0) is 50.4 Å². The third kappa shape index (κ3) is 3.22. The Labute approximate surface area is 104 Å². The second-order valence-electron chi connectivity index (χ2n) is 5.36. The van der Waals surface area contributed by atoms with Gasteiger partial charge in [-0.3, -0.25) is 4.90 Å². The van der Waals surface area contributed by atoms with Gasteiger partial charge in [0.05, 0.1) is 0 Å². The number of benzene rings is 1. The van der Waals surface area contributed by atoms with Crippen LogP contribution >= 0.6 is 0 Å². The Bertz CT molecular complexity index is 340. The van der Waals surface area contributed by atoms with Gasteiger partial charge in [-0.15, -0.1) is 0 Å². The number of aromatic hydroxyl groups is 1. The number of hydrogen-bond donors (Lipinski definition) is 1. The Morgan fingerprint density at radius 3 is 2.41 bits per heavy atom. The zero-order valence-corrected chi connectivity index (χ0v) is 10.9. The highest BCUT2D eigenvalue weighted by molar-refractivity contribution is 5.27. The zero-order valence-electron chi connectivity index (χ0n) is 10.9. The van der Waals surface area contributed by atoms with E-state index in [1.807, 2.05) is 12.1 Å². The maximum atomic E-state index is 9.29. The van der Waals surface area contributed by atoms with Crippen molar-refractivity contribution in [1.29, 1.82) is 0 Å². The first-order valence-corrected chi connectivity index (χ1v) is 6.66. The normalized spacial score (nSPS) is 18.8. The van der Waals surface area contributed by atoms with Crippen LogP contribution in [-0.2, 0) is 0 Å². The van der Waals surface area contributed by atoms with Gasteiger partial charge in [-0.25, -0.2) is 0 Å². The predicted octanol–water partition coefficient (Wildman–Crippen LogP) is 3.58. The lowest BCUT2D eigenvalue weighted by Crippen LogP contribution is -2.27. The van der Waals surface area contributed by atoms with E-state index >= 15 is 0 Å². The van der Waals surface area contributed by atoms with E-state index in [4.69, 9.17) is 0 Å². The van der Waals surface area contributed by atoms with Gasteiger partial charge in [-0.1, -0.05) is 25.0 Å². The summed E-state index contributed by atoms with van der Waals surface area (Å²) in [7, 11) is 2.20. The van der Waals surface area contributed by atoms with Crippen LogP contribution in [0.5, 0.6) is 5.75 Å². The van der Waals surface area contributed by atoms with Crippen LogP contribution in [0.25, 0.3) is 0 Å². The molecular weight excluding hydrogens is 210 g/mol. The number of hydrogen-bond acceptors (Lipinski definition) is 2. The standard InChI is InChI=1S/C15H23NO/c1-12(14-7-9-15(17)10-8-14)16(2)11-13-5-3-4-6-13/h7-10,12-13,17H,3-6,11H2,1-2H3. The summed E-state index contributed by atoms with van der Waals surface area (Å²) < 4.78 is 0. The molecule has 1 fully saturated rings. The van der Waals surface area contributed by atoms with Crippen LogP contribution in [0.1, 0.15) is 44.2 Å². The molecule has 1 aromatic rings. The minimum atomic E-state index is 0.347. The van der Waals surface area contributed by atoms with Crippen molar-refractivity contribution in [2.75, 3.05) is 13.6 Å². The van der Waals surface area contributed by atoms with Crippen molar-refractivity contribution >= 4 is 0 Å². The Balaban J connectivity index is 1.93. The molecule has 0 aliphatic heterocycles. The number of phenolic OH excluding ortho intramolecular Hbond substituents is 1. The maximum absolute atomic E-state index is 9.29. The molecule has 0 radical (unpaired) electrons. The van der Waals surface area contributed by atoms with E-state index in [9.17, 15) is 5.11 Å². The van der Waals surface area contributed by atoms with Crippen LogP contribution in [0, 0.1) is 5.92 Å². The minimum Gasteiger partial charge on any atom is -0.508 e. The molecule has 1 aliphatic rings. The summed E-state index contributed by atoms with van der Waals surface area (Å²) in [4.78, 5) is 2.43. The fourth-order valence-corrected chi connectivity index (χ4v) is 2.77. The van der Waals surface area contributed by atoms with Gasteiger partial charge in [0.15, 0.2) is 0 Å². The van der Waals surface area contributed by atoms with Crippen molar-refractivity contribution in [3.63, 3.8) is 0 Å². The van der Waals surface area contributed by atoms with E-state index in [0.29, 0.717) is 11.8 Å². The second-order valence-corrected chi connectivity index (χ2v) is 5.36. The first-order valence-electron chi connectivity index (χ1n) is 6.66. The Kier molecular flexibility index (Phi) is 4.06. The van der Waals surface area contributed by atoms with Crippen LogP contribution in [0.2, 0.25) is 0 Å². The van der Waals surface area contributed by atoms with Gasteiger partial charge in [-0.2, -0.15) is 0 Å². The first-order chi connectivity index (χ1) is 8.16. The third-order valence-electron chi connectivity index (χ3n) is 4.06. The van der Waals surface area contributed by atoms with Crippen LogP contribution in [0.4, 0.5) is 0 Å². The van der Waals surface area contributed by atoms with Crippen molar-refractivity contribution in [1.82, 2.24) is 4.90 Å². The largest absolute Gasteiger partial charge is 0.508 e. The summed E-state index contributed by atoms with van der Waals surface area (Å²) in [5, 5.41) is 9.29. The van der Waals surface area contributed by atoms with Crippen LogP contribution in [-0.4, -0.2) is 23.6 Å². The number of nitrogens with zero attached hydrogens (tertiary/aromatic N) is 1. The molecule has 0 amide bonds. The number of phenols is 1. The molecule has 1 unspecified atom stereocenters. The van der Waals surface area contributed by atoms with E-state index < -0.39 is 0 Å². The van der Waals surface area contributed by atoms with E-state index in [1.54, 1.807) is 12.1 Å². The summed E-state index contributed by atoms with van der Waals surface area (Å²) in [5.41, 5.74) is 1.28. The van der Waals surface area contributed by atoms with Crippen molar-refractivity contribution in [2.45, 2.75) is 38.6 Å². The van der Waals surface area contributed by atoms with Crippen molar-refractivity contribution in [3.05, 3.63) is 29.8 Å². The second kappa shape index (κ2) is 5.54. The highest BCUT2D eigenvalue weighted by Gasteiger charge is 2.19. The average Bonchev–Trinajstić information content (AvgIpc) is 2.82. The van der Waals surface area contributed by atoms with Gasteiger partial charge in [0.25, 0.3) is 0 Å². The van der Waals surface area contributed by atoms with E-state index in [0.717, 1.165) is 5.92 Å². The Morgan fingerprint density at radius 2 is 1.82 bits per heavy atom. The molecule has 1 aliphatic carbocycles. The van der Waals surface area contributed by atoms with Crippen LogP contribution < -0.4 is 0 Å². The molecule has 2 rings (SSSR count). The molecule has 0 spiro atoms. The Morgan fingerprint density at radius 1 is 1.24 bits per heavy atom. The molecule has 2 heteroatoms. The molecule has 0 aromatic heterocycles. The summed E-state index contributed by atoms with van der Waals surface area (Å²) in [5.74, 6) is 1.24. The molecule has 17 heavy (non-hydrogen) atoms. The lowest BCUT2D eigenvalue weighted by Gasteiger charge is -2.27. The molecule has 0 heterocycles. The topological polar surface area (TPSA) is 23.5 Å². The lowest BCUT2D eigenvalue weighted by molar-refractivity contribution is 0.221. The smallest absolute Gasteiger partial charge is 0.115 e. The molecule has 1 aromatic carbocycles. The Hall–Kier alpha value is -1.02. The SMILES string of the molecule is CC(c1ccc(O)cc1)N(C)CC1CCCC1. The predicted molar refractivity (Wildman–Crippen MR) is 71.1 cm³/mol. The van der Waals surface area contributed by atoms with E-state index in [-0.39, 0.29) is 0 Å². The van der Waals surface area contributed by atoms with Crippen LogP contribution in [0.15, 0.2) is 24.3 Å². The first kappa shape index (κ1) is 12.4. The summed E-state index contributed by atoms with van der Waals surface area (Å²) in [6.45, 7) is 3.43. The fraction of sp³-hybridized carbons (Fsp3) is 0.600. The van der Waals surface area contributed by atoms with Crippen molar-refractivity contribution in [2.24, 2.45) is 5.92 Å². The molecule has 1 N–H and O–H groups in total. The van der Waals surface area contributed by atoms with Crippen molar-refractivity contribution in [3.8, 4) is 5.75 Å². The van der Waals surface area contributed by atoms with E-state index in [2.05, 4.69) is 18.9 Å². The third-order valence-corrected chi connectivity index (χ3v) is 4.06. The van der Waals surface area contributed by atoms with Crippen LogP contribution in [0.3, 0.4) is 0 Å². The van der Waals surface area contributed by atoms with Gasteiger partial charge in [0.1, 0.15) is 5.75 Å². The molecule has 2 nitrogen and oxygen atoms in total. The zero-order chi connectivity index (χ0) is 12.3.